The van der Waals surface area contributed by atoms with Gasteiger partial charge < -0.3 is 14.4 Å². The van der Waals surface area contributed by atoms with E-state index in [4.69, 9.17) is 9.47 Å². The molecule has 15 heavy (non-hydrogen) atoms. The normalized spacial score (nSPS) is 30.5. The predicted octanol–water partition coefficient (Wildman–Crippen LogP) is 1.50. The van der Waals surface area contributed by atoms with Gasteiger partial charge in [0.1, 0.15) is 5.60 Å². The Morgan fingerprint density at radius 2 is 1.80 bits per heavy atom. The third-order valence-corrected chi connectivity index (χ3v) is 2.89. The quantitative estimate of drug-likeness (QED) is 0.612. The summed E-state index contributed by atoms with van der Waals surface area (Å²) in [6, 6.07) is 0. The van der Waals surface area contributed by atoms with Crippen LogP contribution in [0.15, 0.2) is 0 Å². The third-order valence-electron chi connectivity index (χ3n) is 2.89. The zero-order chi connectivity index (χ0) is 11.1. The summed E-state index contributed by atoms with van der Waals surface area (Å²) >= 11 is 0. The molecule has 2 aliphatic rings. The molecule has 0 aliphatic carbocycles. The fourth-order valence-corrected chi connectivity index (χ4v) is 2.16. The van der Waals surface area contributed by atoms with Gasteiger partial charge in [-0.3, -0.25) is 0 Å². The van der Waals surface area contributed by atoms with E-state index in [0.717, 1.165) is 26.3 Å². The standard InChI is InChI=1S/C11H19NO3/c1-11(2,3)15-10(13)12-4-8-6-14-7-9(8)5-12/h8-9H,4-7H2,1-3H3/t8-,9?/m1/s1. The highest BCUT2D eigenvalue weighted by atomic mass is 16.6. The van der Waals surface area contributed by atoms with Crippen molar-refractivity contribution in [1.29, 1.82) is 0 Å². The van der Waals surface area contributed by atoms with Crippen molar-refractivity contribution in [3.05, 3.63) is 0 Å². The van der Waals surface area contributed by atoms with E-state index < -0.39 is 5.60 Å². The number of nitrogens with zero attached hydrogens (tertiary/aromatic N) is 1. The smallest absolute Gasteiger partial charge is 0.410 e. The molecule has 0 aromatic carbocycles. The summed E-state index contributed by atoms with van der Waals surface area (Å²) in [6.07, 6.45) is -0.183. The van der Waals surface area contributed by atoms with Gasteiger partial charge in [-0.05, 0) is 20.8 Å². The summed E-state index contributed by atoms with van der Waals surface area (Å²) in [7, 11) is 0. The van der Waals surface area contributed by atoms with Crippen LogP contribution in [0.1, 0.15) is 20.8 Å². The maximum atomic E-state index is 11.8. The molecule has 0 aromatic heterocycles. The van der Waals surface area contributed by atoms with Crippen LogP contribution in [0.25, 0.3) is 0 Å². The van der Waals surface area contributed by atoms with Gasteiger partial charge in [0, 0.05) is 24.9 Å². The average molecular weight is 213 g/mol. The zero-order valence-electron chi connectivity index (χ0n) is 9.66. The van der Waals surface area contributed by atoms with Crippen LogP contribution in [0.2, 0.25) is 0 Å². The summed E-state index contributed by atoms with van der Waals surface area (Å²) in [5.41, 5.74) is -0.398. The van der Waals surface area contributed by atoms with Crippen LogP contribution < -0.4 is 0 Å². The Kier molecular flexibility index (Phi) is 2.63. The second-order valence-electron chi connectivity index (χ2n) is 5.44. The summed E-state index contributed by atoms with van der Waals surface area (Å²) < 4.78 is 10.7. The van der Waals surface area contributed by atoms with Crippen molar-refractivity contribution in [2.75, 3.05) is 26.3 Å². The first kappa shape index (κ1) is 10.7. The molecule has 2 aliphatic heterocycles. The first-order chi connectivity index (χ1) is 6.96. The highest BCUT2D eigenvalue weighted by Crippen LogP contribution is 2.29. The van der Waals surface area contributed by atoms with Crippen molar-refractivity contribution in [2.24, 2.45) is 11.8 Å². The molecule has 0 radical (unpaired) electrons. The van der Waals surface area contributed by atoms with E-state index in [1.54, 1.807) is 0 Å². The SMILES string of the molecule is CC(C)(C)OC(=O)N1CC2COC[C@H]2C1. The number of hydrogen-bond acceptors (Lipinski definition) is 3. The van der Waals surface area contributed by atoms with Gasteiger partial charge in [-0.25, -0.2) is 4.79 Å². The summed E-state index contributed by atoms with van der Waals surface area (Å²) in [4.78, 5) is 13.6. The van der Waals surface area contributed by atoms with Crippen molar-refractivity contribution in [3.63, 3.8) is 0 Å². The molecule has 2 saturated heterocycles. The van der Waals surface area contributed by atoms with Gasteiger partial charge in [-0.2, -0.15) is 0 Å². The Hall–Kier alpha value is -0.770. The first-order valence-corrected chi connectivity index (χ1v) is 5.51. The van der Waals surface area contributed by atoms with Crippen LogP contribution >= 0.6 is 0 Å². The summed E-state index contributed by atoms with van der Waals surface area (Å²) in [5.74, 6) is 1.05. The minimum Gasteiger partial charge on any atom is -0.444 e. The first-order valence-electron chi connectivity index (χ1n) is 5.51. The largest absolute Gasteiger partial charge is 0.444 e. The van der Waals surface area contributed by atoms with Crippen molar-refractivity contribution >= 4 is 6.09 Å². The van der Waals surface area contributed by atoms with Crippen molar-refractivity contribution in [3.8, 4) is 0 Å². The van der Waals surface area contributed by atoms with Crippen LogP contribution in [0.3, 0.4) is 0 Å². The van der Waals surface area contributed by atoms with Crippen LogP contribution in [0.4, 0.5) is 4.79 Å². The van der Waals surface area contributed by atoms with E-state index in [9.17, 15) is 4.79 Å². The van der Waals surface area contributed by atoms with E-state index in [1.807, 2.05) is 25.7 Å². The Balaban J connectivity index is 1.88. The minimum atomic E-state index is -0.398. The number of hydrogen-bond donors (Lipinski definition) is 0. The molecule has 0 spiro atoms. The van der Waals surface area contributed by atoms with Crippen molar-refractivity contribution in [2.45, 2.75) is 26.4 Å². The Morgan fingerprint density at radius 3 is 2.27 bits per heavy atom. The molecular formula is C11H19NO3. The van der Waals surface area contributed by atoms with Gasteiger partial charge in [-0.1, -0.05) is 0 Å². The molecule has 0 aromatic rings. The number of amides is 1. The van der Waals surface area contributed by atoms with E-state index >= 15 is 0 Å². The summed E-state index contributed by atoms with van der Waals surface area (Å²) in [5, 5.41) is 0. The van der Waals surface area contributed by atoms with Gasteiger partial charge in [0.05, 0.1) is 13.2 Å². The number of likely N-dealkylation sites (tertiary alicyclic amines) is 1. The van der Waals surface area contributed by atoms with Crippen molar-refractivity contribution in [1.82, 2.24) is 4.90 Å². The van der Waals surface area contributed by atoms with E-state index in [-0.39, 0.29) is 6.09 Å². The summed E-state index contributed by atoms with van der Waals surface area (Å²) in [6.45, 7) is 8.85. The fourth-order valence-electron chi connectivity index (χ4n) is 2.16. The molecule has 86 valence electrons. The maximum Gasteiger partial charge on any atom is 0.410 e. The molecular weight excluding hydrogens is 194 g/mol. The van der Waals surface area contributed by atoms with Gasteiger partial charge >= 0.3 is 6.09 Å². The lowest BCUT2D eigenvalue weighted by molar-refractivity contribution is 0.0259. The lowest BCUT2D eigenvalue weighted by Gasteiger charge is -2.24. The minimum absolute atomic E-state index is 0.183. The molecule has 0 N–H and O–H groups in total. The topological polar surface area (TPSA) is 38.8 Å². The highest BCUT2D eigenvalue weighted by Gasteiger charge is 2.40. The molecule has 2 heterocycles. The van der Waals surface area contributed by atoms with Gasteiger partial charge in [0.25, 0.3) is 0 Å². The lowest BCUT2D eigenvalue weighted by Crippen LogP contribution is -2.36. The second-order valence-corrected chi connectivity index (χ2v) is 5.44. The number of carbonyl (C=O) groups excluding carboxylic acids is 1. The van der Waals surface area contributed by atoms with Crippen LogP contribution in [0, 0.1) is 11.8 Å². The molecule has 2 fully saturated rings. The highest BCUT2D eigenvalue weighted by molar-refractivity contribution is 5.68. The number of ether oxygens (including phenoxy) is 2. The number of carbonyl (C=O) groups is 1. The molecule has 1 amide bonds. The predicted molar refractivity (Wildman–Crippen MR) is 55.6 cm³/mol. The molecule has 1 unspecified atom stereocenters. The van der Waals surface area contributed by atoms with E-state index in [0.29, 0.717) is 11.8 Å². The van der Waals surface area contributed by atoms with Crippen molar-refractivity contribution < 1.29 is 14.3 Å². The fraction of sp³-hybridized carbons (Fsp3) is 0.909. The van der Waals surface area contributed by atoms with Crippen LogP contribution in [-0.2, 0) is 9.47 Å². The molecule has 0 bridgehead atoms. The van der Waals surface area contributed by atoms with Gasteiger partial charge in [0.15, 0.2) is 0 Å². The van der Waals surface area contributed by atoms with Crippen LogP contribution in [0.5, 0.6) is 0 Å². The van der Waals surface area contributed by atoms with Crippen LogP contribution in [-0.4, -0.2) is 42.9 Å². The maximum absolute atomic E-state index is 11.8. The molecule has 0 saturated carbocycles. The second kappa shape index (κ2) is 3.67. The molecule has 4 nitrogen and oxygen atoms in total. The Labute approximate surface area is 90.5 Å². The lowest BCUT2D eigenvalue weighted by atomic mass is 10.0. The molecule has 2 atom stereocenters. The Bertz CT molecular complexity index is 247. The van der Waals surface area contributed by atoms with Gasteiger partial charge in [0.2, 0.25) is 0 Å². The number of fused-ring (bicyclic) bond motifs is 1. The number of rotatable bonds is 0. The molecule has 4 heteroatoms. The zero-order valence-corrected chi connectivity index (χ0v) is 9.66. The Morgan fingerprint density at radius 1 is 1.27 bits per heavy atom. The van der Waals surface area contributed by atoms with E-state index in [1.165, 1.54) is 0 Å². The van der Waals surface area contributed by atoms with E-state index in [2.05, 4.69) is 0 Å². The van der Waals surface area contributed by atoms with Gasteiger partial charge in [-0.15, -0.1) is 0 Å². The average Bonchev–Trinajstić information content (AvgIpc) is 2.56. The molecule has 2 rings (SSSR count). The monoisotopic (exact) mass is 213 g/mol. The third kappa shape index (κ3) is 2.43.